The van der Waals surface area contributed by atoms with E-state index in [0.29, 0.717) is 18.7 Å². The molecule has 31 heavy (non-hydrogen) atoms. The highest BCUT2D eigenvalue weighted by Gasteiger charge is 2.22. The number of aromatic nitrogens is 1. The highest BCUT2D eigenvalue weighted by atomic mass is 32.2. The molecular formula is C22H26N4O4S. The second-order valence-corrected chi connectivity index (χ2v) is 9.10. The third-order valence-corrected chi connectivity index (χ3v) is 7.35. The zero-order valence-corrected chi connectivity index (χ0v) is 18.8. The molecular weight excluding hydrogens is 416 g/mol. The molecule has 3 rings (SSSR count). The van der Waals surface area contributed by atoms with Gasteiger partial charge in [-0.05, 0) is 55.8 Å². The van der Waals surface area contributed by atoms with Crippen molar-refractivity contribution in [3.8, 4) is 0 Å². The summed E-state index contributed by atoms with van der Waals surface area (Å²) in [6.45, 7) is 8.09. The number of nitrogens with zero attached hydrogens (tertiary/aromatic N) is 1. The van der Waals surface area contributed by atoms with Gasteiger partial charge in [-0.25, -0.2) is 8.42 Å². The minimum absolute atomic E-state index is 0.0268. The number of nitrogens with one attached hydrogen (secondary N) is 3. The van der Waals surface area contributed by atoms with Crippen molar-refractivity contribution in [1.29, 1.82) is 0 Å². The summed E-state index contributed by atoms with van der Waals surface area (Å²) < 4.78 is 26.7. The molecule has 0 saturated heterocycles. The first kappa shape index (κ1) is 22.5. The molecule has 8 nitrogen and oxygen atoms in total. The third-order valence-electron chi connectivity index (χ3n) is 5.30. The Balaban J connectivity index is 1.74. The van der Waals surface area contributed by atoms with Crippen molar-refractivity contribution >= 4 is 32.7 Å². The SMILES string of the molecule is CCN(CC)S(=O)(=O)c1cccc(C(=O)NNC(=O)c2ccc3[nH]c(C)c(C)c3c2)c1. The number of carbonyl (C=O) groups is 2. The normalized spacial score (nSPS) is 11.6. The Hall–Kier alpha value is -3.17. The van der Waals surface area contributed by atoms with Crippen LogP contribution in [-0.2, 0) is 10.0 Å². The number of benzene rings is 2. The summed E-state index contributed by atoms with van der Waals surface area (Å²) in [5.74, 6) is -1.08. The molecule has 0 aliphatic heterocycles. The van der Waals surface area contributed by atoms with E-state index in [4.69, 9.17) is 0 Å². The Bertz CT molecular complexity index is 1240. The summed E-state index contributed by atoms with van der Waals surface area (Å²) in [4.78, 5) is 28.3. The molecule has 1 aromatic heterocycles. The summed E-state index contributed by atoms with van der Waals surface area (Å²) in [5.41, 5.74) is 8.27. The van der Waals surface area contributed by atoms with Crippen molar-refractivity contribution in [2.24, 2.45) is 0 Å². The van der Waals surface area contributed by atoms with Gasteiger partial charge in [-0.2, -0.15) is 4.31 Å². The van der Waals surface area contributed by atoms with E-state index in [-0.39, 0.29) is 10.5 Å². The first-order chi connectivity index (χ1) is 14.7. The highest BCUT2D eigenvalue weighted by molar-refractivity contribution is 7.89. The smallest absolute Gasteiger partial charge is 0.269 e. The van der Waals surface area contributed by atoms with Crippen molar-refractivity contribution < 1.29 is 18.0 Å². The van der Waals surface area contributed by atoms with Gasteiger partial charge in [0.2, 0.25) is 10.0 Å². The first-order valence-corrected chi connectivity index (χ1v) is 11.4. The monoisotopic (exact) mass is 442 g/mol. The minimum Gasteiger partial charge on any atom is -0.358 e. The summed E-state index contributed by atoms with van der Waals surface area (Å²) in [7, 11) is -3.69. The number of rotatable bonds is 6. The zero-order chi connectivity index (χ0) is 22.8. The number of aryl methyl sites for hydroxylation is 2. The van der Waals surface area contributed by atoms with Crippen LogP contribution in [0.5, 0.6) is 0 Å². The largest absolute Gasteiger partial charge is 0.358 e. The number of amides is 2. The molecule has 0 fully saturated rings. The van der Waals surface area contributed by atoms with E-state index in [1.54, 1.807) is 26.0 Å². The van der Waals surface area contributed by atoms with Crippen molar-refractivity contribution in [2.45, 2.75) is 32.6 Å². The van der Waals surface area contributed by atoms with Gasteiger partial charge >= 0.3 is 0 Å². The number of hydrogen-bond donors (Lipinski definition) is 3. The molecule has 0 bridgehead atoms. The van der Waals surface area contributed by atoms with E-state index in [2.05, 4.69) is 15.8 Å². The lowest BCUT2D eigenvalue weighted by molar-refractivity contribution is 0.0846. The van der Waals surface area contributed by atoms with Crippen LogP contribution in [0.3, 0.4) is 0 Å². The molecule has 0 saturated carbocycles. The van der Waals surface area contributed by atoms with Gasteiger partial charge in [-0.15, -0.1) is 0 Å². The molecule has 2 aromatic carbocycles. The lowest BCUT2D eigenvalue weighted by atomic mass is 10.1. The van der Waals surface area contributed by atoms with Crippen LogP contribution in [0.4, 0.5) is 0 Å². The second-order valence-electron chi connectivity index (χ2n) is 7.16. The number of H-pyrrole nitrogens is 1. The Morgan fingerprint density at radius 3 is 2.16 bits per heavy atom. The Labute approximate surface area is 181 Å². The average molecular weight is 443 g/mol. The fraction of sp³-hybridized carbons (Fsp3) is 0.273. The predicted molar refractivity (Wildman–Crippen MR) is 119 cm³/mol. The van der Waals surface area contributed by atoms with Gasteiger partial charge in [0, 0.05) is 40.8 Å². The molecule has 0 aliphatic rings. The average Bonchev–Trinajstić information content (AvgIpc) is 3.05. The van der Waals surface area contributed by atoms with E-state index in [1.165, 1.54) is 28.6 Å². The van der Waals surface area contributed by atoms with Crippen LogP contribution in [0, 0.1) is 13.8 Å². The number of aromatic amines is 1. The fourth-order valence-corrected chi connectivity index (χ4v) is 4.88. The molecule has 9 heteroatoms. The second kappa shape index (κ2) is 8.91. The predicted octanol–water partition coefficient (Wildman–Crippen LogP) is 2.89. The standard InChI is InChI=1S/C22H26N4O4S/c1-5-26(6-2)31(29,30)18-9-7-8-16(12-18)21(27)24-25-22(28)17-10-11-20-19(13-17)14(3)15(4)23-20/h7-13,23H,5-6H2,1-4H3,(H,24,27)(H,25,28). The molecule has 0 atom stereocenters. The van der Waals surface area contributed by atoms with Crippen molar-refractivity contribution in [3.63, 3.8) is 0 Å². The molecule has 3 aromatic rings. The maximum Gasteiger partial charge on any atom is 0.269 e. The summed E-state index contributed by atoms with van der Waals surface area (Å²) in [6.07, 6.45) is 0. The van der Waals surface area contributed by atoms with Gasteiger partial charge in [0.15, 0.2) is 0 Å². The van der Waals surface area contributed by atoms with Gasteiger partial charge < -0.3 is 4.98 Å². The molecule has 2 amide bonds. The lowest BCUT2D eigenvalue weighted by Crippen LogP contribution is -2.41. The Morgan fingerprint density at radius 1 is 0.935 bits per heavy atom. The van der Waals surface area contributed by atoms with Gasteiger partial charge in [-0.1, -0.05) is 19.9 Å². The number of hydrogen-bond acceptors (Lipinski definition) is 4. The Kier molecular flexibility index (Phi) is 6.47. The molecule has 3 N–H and O–H groups in total. The summed E-state index contributed by atoms with van der Waals surface area (Å²) >= 11 is 0. The fourth-order valence-electron chi connectivity index (χ4n) is 3.37. The van der Waals surface area contributed by atoms with Crippen LogP contribution in [-0.4, -0.2) is 42.6 Å². The van der Waals surface area contributed by atoms with Crippen molar-refractivity contribution in [2.75, 3.05) is 13.1 Å². The number of fused-ring (bicyclic) bond motifs is 1. The van der Waals surface area contributed by atoms with E-state index >= 15 is 0 Å². The van der Waals surface area contributed by atoms with E-state index in [1.807, 2.05) is 19.9 Å². The molecule has 1 heterocycles. The summed E-state index contributed by atoms with van der Waals surface area (Å²) in [6, 6.07) is 11.0. The van der Waals surface area contributed by atoms with Crippen LogP contribution in [0.1, 0.15) is 45.8 Å². The molecule has 0 aliphatic carbocycles. The zero-order valence-electron chi connectivity index (χ0n) is 17.9. The quantitative estimate of drug-likeness (QED) is 0.510. The summed E-state index contributed by atoms with van der Waals surface area (Å²) in [5, 5.41) is 0.936. The van der Waals surface area contributed by atoms with E-state index < -0.39 is 21.8 Å². The van der Waals surface area contributed by atoms with Gasteiger partial charge in [0.1, 0.15) is 0 Å². The third kappa shape index (κ3) is 4.47. The topological polar surface area (TPSA) is 111 Å². The van der Waals surface area contributed by atoms with Crippen LogP contribution >= 0.6 is 0 Å². The van der Waals surface area contributed by atoms with Crippen LogP contribution in [0.25, 0.3) is 10.9 Å². The van der Waals surface area contributed by atoms with Gasteiger partial charge in [-0.3, -0.25) is 20.4 Å². The van der Waals surface area contributed by atoms with E-state index in [0.717, 1.165) is 22.2 Å². The van der Waals surface area contributed by atoms with Crippen molar-refractivity contribution in [1.82, 2.24) is 20.1 Å². The number of hydrazine groups is 1. The lowest BCUT2D eigenvalue weighted by Gasteiger charge is -2.18. The van der Waals surface area contributed by atoms with Crippen molar-refractivity contribution in [3.05, 3.63) is 64.8 Å². The number of sulfonamides is 1. The van der Waals surface area contributed by atoms with Crippen LogP contribution < -0.4 is 10.9 Å². The number of carbonyl (C=O) groups excluding carboxylic acids is 2. The van der Waals surface area contributed by atoms with Crippen LogP contribution in [0.2, 0.25) is 0 Å². The van der Waals surface area contributed by atoms with Gasteiger partial charge in [0.05, 0.1) is 4.90 Å². The Morgan fingerprint density at radius 2 is 1.55 bits per heavy atom. The van der Waals surface area contributed by atoms with Crippen LogP contribution in [0.15, 0.2) is 47.4 Å². The minimum atomic E-state index is -3.69. The van der Waals surface area contributed by atoms with E-state index in [9.17, 15) is 18.0 Å². The maximum atomic E-state index is 12.7. The first-order valence-electron chi connectivity index (χ1n) is 9.98. The molecule has 164 valence electrons. The highest BCUT2D eigenvalue weighted by Crippen LogP contribution is 2.22. The maximum absolute atomic E-state index is 12.7. The molecule has 0 unspecified atom stereocenters. The van der Waals surface area contributed by atoms with Gasteiger partial charge in [0.25, 0.3) is 11.8 Å². The molecule has 0 radical (unpaired) electrons. The molecule has 0 spiro atoms.